The Morgan fingerprint density at radius 2 is 2.11 bits per heavy atom. The predicted molar refractivity (Wildman–Crippen MR) is 97.3 cm³/mol. The SMILES string of the molecule is CCCCn1ncc(C)c1NC(=O)C1CC(=O)N(c2ccc(F)c(F)c2)C1. The second kappa shape index (κ2) is 7.85. The van der Waals surface area contributed by atoms with Gasteiger partial charge in [-0.15, -0.1) is 0 Å². The van der Waals surface area contributed by atoms with Crippen molar-refractivity contribution in [2.24, 2.45) is 5.92 Å². The fraction of sp³-hybridized carbons (Fsp3) is 0.421. The summed E-state index contributed by atoms with van der Waals surface area (Å²) in [5.41, 5.74) is 1.10. The summed E-state index contributed by atoms with van der Waals surface area (Å²) in [4.78, 5) is 26.3. The number of amides is 2. The van der Waals surface area contributed by atoms with Crippen LogP contribution < -0.4 is 10.2 Å². The van der Waals surface area contributed by atoms with Crippen molar-refractivity contribution in [3.63, 3.8) is 0 Å². The van der Waals surface area contributed by atoms with Gasteiger partial charge in [-0.05, 0) is 25.5 Å². The van der Waals surface area contributed by atoms with E-state index in [-0.39, 0.29) is 30.5 Å². The number of hydrogen-bond acceptors (Lipinski definition) is 3. The van der Waals surface area contributed by atoms with E-state index in [0.717, 1.165) is 30.5 Å². The molecule has 27 heavy (non-hydrogen) atoms. The number of hydrogen-bond donors (Lipinski definition) is 1. The van der Waals surface area contributed by atoms with Crippen LogP contribution in [0, 0.1) is 24.5 Å². The van der Waals surface area contributed by atoms with Crippen LogP contribution in [0.4, 0.5) is 20.3 Å². The van der Waals surface area contributed by atoms with Crippen LogP contribution in [-0.4, -0.2) is 28.1 Å². The number of carbonyl (C=O) groups excluding carboxylic acids is 2. The highest BCUT2D eigenvalue weighted by Gasteiger charge is 2.36. The third-order valence-electron chi connectivity index (χ3n) is 4.70. The van der Waals surface area contributed by atoms with E-state index in [0.29, 0.717) is 12.4 Å². The van der Waals surface area contributed by atoms with E-state index in [1.165, 1.54) is 11.0 Å². The molecule has 1 fully saturated rings. The number of anilines is 2. The van der Waals surface area contributed by atoms with Gasteiger partial charge < -0.3 is 10.2 Å². The molecule has 2 heterocycles. The summed E-state index contributed by atoms with van der Waals surface area (Å²) in [5.74, 6) is -2.52. The molecule has 144 valence electrons. The van der Waals surface area contributed by atoms with Crippen LogP contribution in [0.3, 0.4) is 0 Å². The van der Waals surface area contributed by atoms with Crippen LogP contribution >= 0.6 is 0 Å². The van der Waals surface area contributed by atoms with Crippen molar-refractivity contribution in [1.82, 2.24) is 9.78 Å². The summed E-state index contributed by atoms with van der Waals surface area (Å²) >= 11 is 0. The molecular formula is C19H22F2N4O2. The molecule has 3 rings (SSSR count). The zero-order valence-electron chi connectivity index (χ0n) is 15.3. The Labute approximate surface area is 156 Å². The minimum atomic E-state index is -1.02. The molecule has 0 spiro atoms. The highest BCUT2D eigenvalue weighted by Crippen LogP contribution is 2.27. The first kappa shape index (κ1) is 19.0. The molecule has 1 atom stereocenters. The van der Waals surface area contributed by atoms with Gasteiger partial charge in [0, 0.05) is 36.8 Å². The summed E-state index contributed by atoms with van der Waals surface area (Å²) < 4.78 is 28.3. The lowest BCUT2D eigenvalue weighted by atomic mass is 10.1. The number of aromatic nitrogens is 2. The molecular weight excluding hydrogens is 354 g/mol. The van der Waals surface area contributed by atoms with E-state index in [2.05, 4.69) is 17.3 Å². The van der Waals surface area contributed by atoms with E-state index < -0.39 is 17.6 Å². The average Bonchev–Trinajstić information content (AvgIpc) is 3.19. The predicted octanol–water partition coefficient (Wildman–Crippen LogP) is 3.26. The van der Waals surface area contributed by atoms with Gasteiger partial charge in [-0.1, -0.05) is 13.3 Å². The number of aryl methyl sites for hydroxylation is 2. The van der Waals surface area contributed by atoms with E-state index >= 15 is 0 Å². The molecule has 0 saturated carbocycles. The Bertz CT molecular complexity index is 865. The molecule has 0 bridgehead atoms. The summed E-state index contributed by atoms with van der Waals surface area (Å²) in [7, 11) is 0. The van der Waals surface area contributed by atoms with Gasteiger partial charge in [-0.3, -0.25) is 9.59 Å². The Morgan fingerprint density at radius 1 is 1.33 bits per heavy atom. The summed E-state index contributed by atoms with van der Waals surface area (Å²) in [6.07, 6.45) is 3.66. The van der Waals surface area contributed by atoms with Crippen LogP contribution in [0.15, 0.2) is 24.4 Å². The lowest BCUT2D eigenvalue weighted by molar-refractivity contribution is -0.122. The second-order valence-corrected chi connectivity index (χ2v) is 6.75. The van der Waals surface area contributed by atoms with Crippen molar-refractivity contribution in [2.45, 2.75) is 39.7 Å². The summed E-state index contributed by atoms with van der Waals surface area (Å²) in [6.45, 7) is 4.76. The van der Waals surface area contributed by atoms with E-state index in [9.17, 15) is 18.4 Å². The van der Waals surface area contributed by atoms with Gasteiger partial charge >= 0.3 is 0 Å². The lowest BCUT2D eigenvalue weighted by Gasteiger charge is -2.17. The van der Waals surface area contributed by atoms with E-state index in [4.69, 9.17) is 0 Å². The molecule has 0 radical (unpaired) electrons. The number of halogens is 2. The third kappa shape index (κ3) is 3.99. The van der Waals surface area contributed by atoms with Crippen molar-refractivity contribution in [3.05, 3.63) is 41.6 Å². The monoisotopic (exact) mass is 376 g/mol. The van der Waals surface area contributed by atoms with Crippen LogP contribution in [-0.2, 0) is 16.1 Å². The summed E-state index contributed by atoms with van der Waals surface area (Å²) in [5, 5.41) is 7.15. The van der Waals surface area contributed by atoms with Gasteiger partial charge in [-0.2, -0.15) is 5.10 Å². The average molecular weight is 376 g/mol. The standard InChI is InChI=1S/C19H22F2N4O2/c1-3-4-7-25-18(12(2)10-22-25)23-19(27)13-8-17(26)24(11-13)14-5-6-15(20)16(21)9-14/h5-6,9-10,13H,3-4,7-8,11H2,1-2H3,(H,23,27). The zero-order chi connectivity index (χ0) is 19.6. The minimum absolute atomic E-state index is 0.0208. The Hall–Kier alpha value is -2.77. The molecule has 1 aliphatic rings. The first-order chi connectivity index (χ1) is 12.9. The van der Waals surface area contributed by atoms with Crippen LogP contribution in [0.2, 0.25) is 0 Å². The van der Waals surface area contributed by atoms with Gasteiger partial charge in [0.15, 0.2) is 11.6 Å². The first-order valence-corrected chi connectivity index (χ1v) is 8.99. The number of nitrogens with one attached hydrogen (secondary N) is 1. The lowest BCUT2D eigenvalue weighted by Crippen LogP contribution is -2.29. The fourth-order valence-corrected chi connectivity index (χ4v) is 3.12. The molecule has 1 saturated heterocycles. The number of nitrogens with zero attached hydrogens (tertiary/aromatic N) is 3. The van der Waals surface area contributed by atoms with Gasteiger partial charge in [0.1, 0.15) is 5.82 Å². The largest absolute Gasteiger partial charge is 0.311 e. The molecule has 8 heteroatoms. The van der Waals surface area contributed by atoms with Crippen LogP contribution in [0.25, 0.3) is 0 Å². The normalized spacial score (nSPS) is 16.8. The highest BCUT2D eigenvalue weighted by atomic mass is 19.2. The molecule has 1 aromatic heterocycles. The minimum Gasteiger partial charge on any atom is -0.311 e. The maximum absolute atomic E-state index is 13.5. The fourth-order valence-electron chi connectivity index (χ4n) is 3.12. The number of unbranched alkanes of at least 4 members (excludes halogenated alkanes) is 1. The van der Waals surface area contributed by atoms with Gasteiger partial charge in [-0.25, -0.2) is 13.5 Å². The van der Waals surface area contributed by atoms with Crippen molar-refractivity contribution >= 4 is 23.3 Å². The third-order valence-corrected chi connectivity index (χ3v) is 4.70. The van der Waals surface area contributed by atoms with Gasteiger partial charge in [0.25, 0.3) is 0 Å². The van der Waals surface area contributed by atoms with Gasteiger partial charge in [0.2, 0.25) is 11.8 Å². The smallest absolute Gasteiger partial charge is 0.230 e. The van der Waals surface area contributed by atoms with Crippen molar-refractivity contribution in [1.29, 1.82) is 0 Å². The molecule has 2 amide bonds. The van der Waals surface area contributed by atoms with Crippen LogP contribution in [0.1, 0.15) is 31.7 Å². The molecule has 1 aromatic carbocycles. The molecule has 6 nitrogen and oxygen atoms in total. The van der Waals surface area contributed by atoms with Crippen molar-refractivity contribution in [2.75, 3.05) is 16.8 Å². The summed E-state index contributed by atoms with van der Waals surface area (Å²) in [6, 6.07) is 3.28. The number of rotatable bonds is 6. The molecule has 1 unspecified atom stereocenters. The quantitative estimate of drug-likeness (QED) is 0.841. The Kier molecular flexibility index (Phi) is 5.53. The number of carbonyl (C=O) groups is 2. The Morgan fingerprint density at radius 3 is 2.81 bits per heavy atom. The number of benzene rings is 1. The first-order valence-electron chi connectivity index (χ1n) is 8.99. The molecule has 1 aliphatic heterocycles. The zero-order valence-corrected chi connectivity index (χ0v) is 15.3. The van der Waals surface area contributed by atoms with Gasteiger partial charge in [0.05, 0.1) is 12.1 Å². The Balaban J connectivity index is 1.71. The molecule has 2 aromatic rings. The molecule has 1 N–H and O–H groups in total. The molecule has 0 aliphatic carbocycles. The highest BCUT2D eigenvalue weighted by molar-refractivity contribution is 6.03. The topological polar surface area (TPSA) is 67.2 Å². The maximum Gasteiger partial charge on any atom is 0.230 e. The van der Waals surface area contributed by atoms with Crippen LogP contribution in [0.5, 0.6) is 0 Å². The maximum atomic E-state index is 13.5. The second-order valence-electron chi connectivity index (χ2n) is 6.75. The van der Waals surface area contributed by atoms with Crippen molar-refractivity contribution in [3.8, 4) is 0 Å². The van der Waals surface area contributed by atoms with Crippen molar-refractivity contribution < 1.29 is 18.4 Å². The van der Waals surface area contributed by atoms with E-state index in [1.54, 1.807) is 10.9 Å². The van der Waals surface area contributed by atoms with E-state index in [1.807, 2.05) is 6.92 Å².